The van der Waals surface area contributed by atoms with Crippen LogP contribution in [0.25, 0.3) is 0 Å². The predicted octanol–water partition coefficient (Wildman–Crippen LogP) is 0.798. The number of cyclic esters (lactones) is 1. The zero-order valence-electron chi connectivity index (χ0n) is 42.9. The van der Waals surface area contributed by atoms with Gasteiger partial charge in [-0.1, -0.05) is 112 Å². The first-order chi connectivity index (χ1) is 35.0. The third-order valence-corrected chi connectivity index (χ3v) is 13.0. The average molecular weight is 1050 g/mol. The second-order valence-corrected chi connectivity index (χ2v) is 19.4. The lowest BCUT2D eigenvalue weighted by atomic mass is 9.87. The van der Waals surface area contributed by atoms with Crippen molar-refractivity contribution in [3.63, 3.8) is 0 Å². The molecular weight excluding hydrogens is 967 g/mol. The zero-order valence-corrected chi connectivity index (χ0v) is 42.9. The minimum atomic E-state index is -2.31. The van der Waals surface area contributed by atoms with Gasteiger partial charge in [0.05, 0.1) is 92.1 Å². The van der Waals surface area contributed by atoms with Gasteiger partial charge in [-0.15, -0.1) is 0 Å². The van der Waals surface area contributed by atoms with E-state index in [2.05, 4.69) is 17.2 Å². The fourth-order valence-electron chi connectivity index (χ4n) is 8.54. The van der Waals surface area contributed by atoms with Crippen LogP contribution in [0, 0.1) is 11.8 Å². The Hall–Kier alpha value is -4.43. The number of aliphatic hydroxyl groups is 10. The molecule has 19 atom stereocenters. The van der Waals surface area contributed by atoms with Crippen LogP contribution in [-0.2, 0) is 33.3 Å². The summed E-state index contributed by atoms with van der Waals surface area (Å²) in [7, 11) is 0. The highest BCUT2D eigenvalue weighted by Crippen LogP contribution is 2.35. The highest BCUT2D eigenvalue weighted by molar-refractivity contribution is 5.76. The third kappa shape index (κ3) is 22.8. The van der Waals surface area contributed by atoms with E-state index < -0.39 is 153 Å². The van der Waals surface area contributed by atoms with E-state index in [0.717, 1.165) is 0 Å². The van der Waals surface area contributed by atoms with E-state index in [1.165, 1.54) is 6.08 Å². The highest BCUT2D eigenvalue weighted by Gasteiger charge is 2.49. The number of hydrogen-bond acceptors (Lipinski definition) is 19. The summed E-state index contributed by atoms with van der Waals surface area (Å²) in [5, 5.41) is 115. The minimum Gasteiger partial charge on any atom is -0.462 e. The average Bonchev–Trinajstić information content (AvgIpc) is 3.33. The number of urea groups is 1. The molecule has 0 radical (unpaired) electrons. The lowest BCUT2D eigenvalue weighted by Crippen LogP contribution is -2.64. The Bertz CT molecular complexity index is 1930. The second-order valence-electron chi connectivity index (χ2n) is 19.4. The van der Waals surface area contributed by atoms with Gasteiger partial charge in [0.25, 0.3) is 0 Å². The van der Waals surface area contributed by atoms with E-state index in [9.17, 15) is 65.4 Å². The van der Waals surface area contributed by atoms with Crippen molar-refractivity contribution in [2.75, 3.05) is 13.2 Å². The van der Waals surface area contributed by atoms with Crippen LogP contribution in [0.4, 0.5) is 4.79 Å². The van der Waals surface area contributed by atoms with Crippen LogP contribution in [0.2, 0.25) is 0 Å². The van der Waals surface area contributed by atoms with Crippen molar-refractivity contribution in [1.29, 1.82) is 0 Å². The van der Waals surface area contributed by atoms with E-state index in [1.807, 2.05) is 25.2 Å². The first-order valence-corrected chi connectivity index (χ1v) is 25.3. The normalized spacial score (nSPS) is 41.1. The van der Waals surface area contributed by atoms with Crippen LogP contribution in [0.15, 0.2) is 97.7 Å². The number of ether oxygens (including phenoxy) is 5. The molecule has 0 aromatic carbocycles. The number of fused-ring (bicyclic) bond motifs is 2. The molecule has 0 saturated carbocycles. The topological polar surface area (TPSA) is 350 Å². The first-order valence-electron chi connectivity index (χ1n) is 25.3. The maximum atomic E-state index is 13.2. The quantitative estimate of drug-likeness (QED) is 0.118. The van der Waals surface area contributed by atoms with E-state index in [4.69, 9.17) is 29.4 Å². The fourth-order valence-corrected chi connectivity index (χ4v) is 8.54. The van der Waals surface area contributed by atoms with Crippen LogP contribution >= 0.6 is 0 Å². The molecule has 0 aromatic rings. The monoisotopic (exact) mass is 1050 g/mol. The molecule has 9 unspecified atom stereocenters. The Morgan fingerprint density at radius 2 is 1.35 bits per heavy atom. The number of allylic oxidation sites excluding steroid dienone is 12. The molecule has 2 amide bonds. The fraction of sp³-hybridized carbons (Fsp3) is 0.642. The summed E-state index contributed by atoms with van der Waals surface area (Å²) in [5.41, 5.74) is 6.10. The number of carbonyl (C=O) groups excluding carboxylic acids is 3. The number of esters is 2. The molecule has 2 saturated heterocycles. The molecule has 3 aliphatic rings. The maximum absolute atomic E-state index is 13.2. The first kappa shape index (κ1) is 63.9. The van der Waals surface area contributed by atoms with Gasteiger partial charge in [-0.3, -0.25) is 9.59 Å². The zero-order chi connectivity index (χ0) is 55.0. The number of nitrogens with two attached hydrogens (primary N) is 1. The summed E-state index contributed by atoms with van der Waals surface area (Å²) in [6.45, 7) is 10.1. The van der Waals surface area contributed by atoms with E-state index in [0.29, 0.717) is 0 Å². The molecular formula is C53H83N3O18. The van der Waals surface area contributed by atoms with Crippen molar-refractivity contribution in [3.05, 3.63) is 97.7 Å². The maximum Gasteiger partial charge on any atom is 0.315 e. The number of hydrogen-bond donors (Lipinski definition) is 13. The highest BCUT2D eigenvalue weighted by atomic mass is 16.7. The molecule has 0 aromatic heterocycles. The molecule has 2 fully saturated rings. The number of amides is 2. The number of nitrogens with one attached hydrogen (secondary N) is 2. The van der Waals surface area contributed by atoms with E-state index >= 15 is 0 Å². The summed E-state index contributed by atoms with van der Waals surface area (Å²) in [4.78, 5) is 37.9. The Labute approximate surface area is 434 Å². The van der Waals surface area contributed by atoms with Crippen LogP contribution < -0.4 is 16.4 Å². The van der Waals surface area contributed by atoms with Gasteiger partial charge in [0.1, 0.15) is 18.8 Å². The minimum absolute atomic E-state index is 0.0230. The van der Waals surface area contributed by atoms with Crippen molar-refractivity contribution < 1.29 is 89.1 Å². The number of carbonyl (C=O) groups is 3. The van der Waals surface area contributed by atoms with Gasteiger partial charge >= 0.3 is 18.0 Å². The van der Waals surface area contributed by atoms with Gasteiger partial charge in [0.2, 0.25) is 0 Å². The molecule has 3 aliphatic heterocycles. The van der Waals surface area contributed by atoms with Crippen molar-refractivity contribution in [1.82, 2.24) is 10.6 Å². The molecule has 418 valence electrons. The van der Waals surface area contributed by atoms with E-state index in [-0.39, 0.29) is 51.2 Å². The Balaban J connectivity index is 1.93. The third-order valence-electron chi connectivity index (χ3n) is 13.0. The molecule has 21 heteroatoms. The molecule has 14 N–H and O–H groups in total. The number of aliphatic hydroxyl groups excluding tert-OH is 9. The van der Waals surface area contributed by atoms with Crippen LogP contribution in [0.5, 0.6) is 0 Å². The lowest BCUT2D eigenvalue weighted by Gasteiger charge is -2.46. The van der Waals surface area contributed by atoms with Crippen LogP contribution in [0.1, 0.15) is 85.5 Å². The van der Waals surface area contributed by atoms with Gasteiger partial charge in [-0.2, -0.15) is 0 Å². The Kier molecular flexibility index (Phi) is 28.4. The number of rotatable bonds is 8. The standard InChI is InChI=1S/C53H83N3O18/c1-6-25-70-44(63)23-24-55-52(68)56-47-42(62)31-53(69)30-38(59)27-41(61)40(60)22-21-36(57)26-37(58)28-45(64)71-34(4)33(3)48(65)32(2)19-17-15-13-11-9-7-8-10-12-14-16-18-20-39(29-43(47)74-53)73-51-50(67)46(54)49(66)35(5)72-51/h6-20,32-43,46-51,57-62,65-67,69H,1,21-31,54H2,2-5H3,(H2,55,56,68)/b8-7+,11-9+,12-10+,15-13+,16-14+,19-17+,20-18+/t32-,33-,34-,35?,36?,37+,38?,39-,40?,41+,42-,43-,46?,47+,48+,49?,50?,51?,53?/m0/s1. The van der Waals surface area contributed by atoms with Crippen molar-refractivity contribution in [2.45, 2.75) is 189 Å². The van der Waals surface area contributed by atoms with Crippen LogP contribution in [-0.4, -0.2) is 186 Å². The van der Waals surface area contributed by atoms with Crippen molar-refractivity contribution >= 4 is 18.0 Å². The lowest BCUT2D eigenvalue weighted by molar-refractivity contribution is -0.303. The van der Waals surface area contributed by atoms with Crippen LogP contribution in [0.3, 0.4) is 0 Å². The van der Waals surface area contributed by atoms with Gasteiger partial charge in [0, 0.05) is 44.1 Å². The molecule has 3 rings (SSSR count). The Morgan fingerprint density at radius 3 is 1.97 bits per heavy atom. The molecule has 3 heterocycles. The predicted molar refractivity (Wildman–Crippen MR) is 272 cm³/mol. The summed E-state index contributed by atoms with van der Waals surface area (Å²) < 4.78 is 28.6. The Morgan fingerprint density at radius 1 is 0.743 bits per heavy atom. The smallest absolute Gasteiger partial charge is 0.315 e. The van der Waals surface area contributed by atoms with E-state index in [1.54, 1.807) is 87.6 Å². The van der Waals surface area contributed by atoms with Gasteiger partial charge in [-0.25, -0.2) is 4.79 Å². The van der Waals surface area contributed by atoms with Gasteiger partial charge < -0.3 is 91.1 Å². The summed E-state index contributed by atoms with van der Waals surface area (Å²) in [6, 6.07) is -3.26. The van der Waals surface area contributed by atoms with Crippen molar-refractivity contribution in [2.24, 2.45) is 17.6 Å². The van der Waals surface area contributed by atoms with Gasteiger partial charge in [-0.05, 0) is 33.1 Å². The molecule has 74 heavy (non-hydrogen) atoms. The largest absolute Gasteiger partial charge is 0.462 e. The molecule has 0 aliphatic carbocycles. The molecule has 21 nitrogen and oxygen atoms in total. The summed E-state index contributed by atoms with van der Waals surface area (Å²) in [6.07, 6.45) is 5.08. The van der Waals surface area contributed by atoms with Crippen molar-refractivity contribution in [3.8, 4) is 0 Å². The molecule has 0 spiro atoms. The molecule has 2 bridgehead atoms. The SMILES string of the molecule is C=CCOC(=O)CCNC(=O)N[C@H]1[C@@H]2C[C@@H](OC3OC(C)C(O)C(N)C3O)/C=C/C=C/C=C/C=C/C=C/C=C/C=C/[C@H](C)[C@@H](O)[C@@H](C)[C@H](C)OC(=O)C[C@H](O)CC(O)CCC(O)[C@H](O)CC(O)CC(O)(C[C@@H]1O)O2. The summed E-state index contributed by atoms with van der Waals surface area (Å²) >= 11 is 0. The summed E-state index contributed by atoms with van der Waals surface area (Å²) in [5.74, 6) is -4.41. The van der Waals surface area contributed by atoms with Gasteiger partial charge in [0.15, 0.2) is 12.1 Å². The second kappa shape index (κ2) is 32.9.